The van der Waals surface area contributed by atoms with E-state index in [1.165, 1.54) is 24.3 Å². The highest BCUT2D eigenvalue weighted by molar-refractivity contribution is 5.95. The fourth-order valence-corrected chi connectivity index (χ4v) is 3.31. The largest absolute Gasteiger partial charge is 0.339 e. The van der Waals surface area contributed by atoms with Crippen molar-refractivity contribution in [2.45, 2.75) is 53.6 Å². The summed E-state index contributed by atoms with van der Waals surface area (Å²) < 4.78 is 18.3. The predicted octanol–water partition coefficient (Wildman–Crippen LogP) is 3.87. The number of nitrogens with zero attached hydrogens (tertiary/aromatic N) is 4. The van der Waals surface area contributed by atoms with Crippen LogP contribution in [-0.2, 0) is 4.79 Å². The molecule has 164 valence electrons. The maximum atomic E-state index is 13.1. The minimum atomic E-state index is -0.588. The zero-order valence-electron chi connectivity index (χ0n) is 18.7. The zero-order chi connectivity index (χ0) is 22.6. The summed E-state index contributed by atoms with van der Waals surface area (Å²) in [5.41, 5.74) is 0.541. The van der Waals surface area contributed by atoms with Gasteiger partial charge in [-0.25, -0.2) is 4.39 Å². The molecule has 0 bridgehead atoms. The molecule has 0 radical (unpaired) electrons. The minimum absolute atomic E-state index is 0.0362. The van der Waals surface area contributed by atoms with E-state index >= 15 is 0 Å². The Morgan fingerprint density at radius 1 is 1.20 bits per heavy atom. The van der Waals surface area contributed by atoms with Crippen LogP contribution in [0.1, 0.15) is 52.2 Å². The topological polar surface area (TPSA) is 79.5 Å². The van der Waals surface area contributed by atoms with Crippen LogP contribution in [0.25, 0.3) is 11.4 Å². The third-order valence-electron chi connectivity index (χ3n) is 5.58. The molecule has 2 aromatic rings. The number of benzene rings is 1. The lowest BCUT2D eigenvalue weighted by molar-refractivity contribution is -0.144. The Kier molecular flexibility index (Phi) is 7.70. The summed E-state index contributed by atoms with van der Waals surface area (Å²) in [5, 5.41) is 3.84. The predicted molar refractivity (Wildman–Crippen MR) is 112 cm³/mol. The summed E-state index contributed by atoms with van der Waals surface area (Å²) in [7, 11) is 1.76. The Bertz CT molecular complexity index is 866. The molecular formula is C22H31FN4O3. The van der Waals surface area contributed by atoms with E-state index < -0.39 is 11.9 Å². The molecule has 3 unspecified atom stereocenters. The van der Waals surface area contributed by atoms with Crippen molar-refractivity contribution in [1.82, 2.24) is 19.9 Å². The highest BCUT2D eigenvalue weighted by atomic mass is 19.1. The molecule has 1 fully saturated rings. The van der Waals surface area contributed by atoms with Gasteiger partial charge in [0.05, 0.1) is 0 Å². The zero-order valence-corrected chi connectivity index (χ0v) is 18.7. The molecule has 1 aliphatic heterocycles. The van der Waals surface area contributed by atoms with Crippen molar-refractivity contribution < 1.29 is 18.5 Å². The van der Waals surface area contributed by atoms with Crippen LogP contribution in [0.3, 0.4) is 0 Å². The second kappa shape index (κ2) is 9.82. The number of amides is 2. The quantitative estimate of drug-likeness (QED) is 0.753. The lowest BCUT2D eigenvalue weighted by Gasteiger charge is -2.45. The average Bonchev–Trinajstić information content (AvgIpc) is 3.23. The van der Waals surface area contributed by atoms with Gasteiger partial charge in [-0.1, -0.05) is 39.8 Å². The monoisotopic (exact) mass is 418 g/mol. The second-order valence-electron chi connectivity index (χ2n) is 7.73. The lowest BCUT2D eigenvalue weighted by Crippen LogP contribution is -2.63. The molecule has 30 heavy (non-hydrogen) atoms. The molecule has 1 aromatic carbocycles. The van der Waals surface area contributed by atoms with Gasteiger partial charge in [0, 0.05) is 25.2 Å². The van der Waals surface area contributed by atoms with Gasteiger partial charge >= 0.3 is 11.8 Å². The van der Waals surface area contributed by atoms with Gasteiger partial charge in [-0.05, 0) is 43.0 Å². The third-order valence-corrected chi connectivity index (χ3v) is 5.58. The van der Waals surface area contributed by atoms with Crippen LogP contribution in [-0.4, -0.2) is 57.4 Å². The van der Waals surface area contributed by atoms with Gasteiger partial charge in [0.2, 0.25) is 11.7 Å². The molecular weight excluding hydrogens is 387 g/mol. The Morgan fingerprint density at radius 2 is 1.80 bits per heavy atom. The summed E-state index contributed by atoms with van der Waals surface area (Å²) in [5.74, 6) is -0.734. The molecule has 0 N–H and O–H groups in total. The van der Waals surface area contributed by atoms with Gasteiger partial charge < -0.3 is 14.3 Å². The van der Waals surface area contributed by atoms with Crippen molar-refractivity contribution in [1.29, 1.82) is 0 Å². The number of hydrogen-bond donors (Lipinski definition) is 0. The van der Waals surface area contributed by atoms with Crippen LogP contribution < -0.4 is 0 Å². The van der Waals surface area contributed by atoms with E-state index in [4.69, 9.17) is 4.52 Å². The van der Waals surface area contributed by atoms with Crippen molar-refractivity contribution in [2.75, 3.05) is 13.6 Å². The molecule has 2 heterocycles. The molecule has 1 aliphatic rings. The van der Waals surface area contributed by atoms with E-state index in [1.54, 1.807) is 16.8 Å². The third kappa shape index (κ3) is 4.68. The number of rotatable bonds is 4. The number of aromatic nitrogens is 2. The van der Waals surface area contributed by atoms with Crippen molar-refractivity contribution in [3.05, 3.63) is 36.0 Å². The molecule has 0 aliphatic carbocycles. The van der Waals surface area contributed by atoms with Gasteiger partial charge in [0.15, 0.2) is 0 Å². The average molecular weight is 419 g/mol. The van der Waals surface area contributed by atoms with Gasteiger partial charge in [-0.3, -0.25) is 9.59 Å². The summed E-state index contributed by atoms with van der Waals surface area (Å²) >= 11 is 0. The first-order valence-electron chi connectivity index (χ1n) is 10.4. The van der Waals surface area contributed by atoms with E-state index in [9.17, 15) is 14.0 Å². The first kappa shape index (κ1) is 23.5. The van der Waals surface area contributed by atoms with E-state index in [0.29, 0.717) is 12.1 Å². The summed E-state index contributed by atoms with van der Waals surface area (Å²) in [4.78, 5) is 33.5. The Morgan fingerprint density at radius 3 is 2.37 bits per heavy atom. The lowest BCUT2D eigenvalue weighted by atomic mass is 9.86. The SMILES string of the molecule is CC.CC(C)C(C)C1C(=O)N(C)C(C)CN1C(=O)c1nc(-c2ccc(F)cc2)no1. The fraction of sp³-hybridized carbons (Fsp3) is 0.545. The number of piperazine rings is 1. The van der Waals surface area contributed by atoms with E-state index in [-0.39, 0.29) is 41.3 Å². The molecule has 2 amide bonds. The van der Waals surface area contributed by atoms with Gasteiger partial charge in [-0.15, -0.1) is 0 Å². The number of carbonyl (C=O) groups is 2. The van der Waals surface area contributed by atoms with Gasteiger partial charge in [-0.2, -0.15) is 4.98 Å². The summed E-state index contributed by atoms with van der Waals surface area (Å²) in [6.45, 7) is 12.3. The van der Waals surface area contributed by atoms with Crippen LogP contribution in [0.15, 0.2) is 28.8 Å². The van der Waals surface area contributed by atoms with Crippen LogP contribution in [0, 0.1) is 17.7 Å². The molecule has 1 saturated heterocycles. The van der Waals surface area contributed by atoms with Crippen LogP contribution in [0.5, 0.6) is 0 Å². The molecule has 0 spiro atoms. The highest BCUT2D eigenvalue weighted by Gasteiger charge is 2.44. The Labute approximate surface area is 177 Å². The fourth-order valence-electron chi connectivity index (χ4n) is 3.31. The Hall–Kier alpha value is -2.77. The Balaban J connectivity index is 0.00000155. The number of likely N-dealkylation sites (N-methyl/N-ethyl adjacent to an activating group) is 1. The highest BCUT2D eigenvalue weighted by Crippen LogP contribution is 2.28. The maximum absolute atomic E-state index is 13.1. The van der Waals surface area contributed by atoms with Crippen molar-refractivity contribution >= 4 is 11.8 Å². The maximum Gasteiger partial charge on any atom is 0.316 e. The minimum Gasteiger partial charge on any atom is -0.339 e. The molecule has 7 nitrogen and oxygen atoms in total. The van der Waals surface area contributed by atoms with Gasteiger partial charge in [0.25, 0.3) is 0 Å². The molecule has 1 aromatic heterocycles. The molecule has 3 rings (SSSR count). The summed E-state index contributed by atoms with van der Waals surface area (Å²) in [6, 6.07) is 4.89. The van der Waals surface area contributed by atoms with Crippen molar-refractivity contribution in [3.8, 4) is 11.4 Å². The number of halogens is 1. The molecule has 0 saturated carbocycles. The first-order valence-corrected chi connectivity index (χ1v) is 10.4. The van der Waals surface area contributed by atoms with Crippen molar-refractivity contribution in [3.63, 3.8) is 0 Å². The van der Waals surface area contributed by atoms with Crippen LogP contribution in [0.2, 0.25) is 0 Å². The normalized spacial score (nSPS) is 20.1. The number of carbonyl (C=O) groups excluding carboxylic acids is 2. The summed E-state index contributed by atoms with van der Waals surface area (Å²) in [6.07, 6.45) is 0. The smallest absolute Gasteiger partial charge is 0.316 e. The molecule has 3 atom stereocenters. The van der Waals surface area contributed by atoms with Crippen molar-refractivity contribution in [2.24, 2.45) is 11.8 Å². The first-order chi connectivity index (χ1) is 14.2. The second-order valence-corrected chi connectivity index (χ2v) is 7.73. The van der Waals surface area contributed by atoms with E-state index in [2.05, 4.69) is 10.1 Å². The van der Waals surface area contributed by atoms with E-state index in [0.717, 1.165) is 0 Å². The van der Waals surface area contributed by atoms with E-state index in [1.807, 2.05) is 41.5 Å². The molecule has 8 heteroatoms. The van der Waals surface area contributed by atoms with Crippen LogP contribution >= 0.6 is 0 Å². The van der Waals surface area contributed by atoms with Gasteiger partial charge in [0.1, 0.15) is 11.9 Å². The standard InChI is InChI=1S/C20H25FN4O3.C2H6/c1-11(2)13(4)16-19(26)24(5)12(3)10-25(16)20(27)18-22-17(23-28-18)14-6-8-15(21)9-7-14;1-2/h6-9,11-13,16H,10H2,1-5H3;1-2H3. The van der Waals surface area contributed by atoms with Crippen LogP contribution in [0.4, 0.5) is 4.39 Å². The number of hydrogen-bond acceptors (Lipinski definition) is 5.